The minimum atomic E-state index is 0.266. The summed E-state index contributed by atoms with van der Waals surface area (Å²) in [7, 11) is 1.63. The van der Waals surface area contributed by atoms with Crippen LogP contribution in [-0.2, 0) is 6.61 Å². The van der Waals surface area contributed by atoms with E-state index in [1.54, 1.807) is 7.11 Å². The Morgan fingerprint density at radius 3 is 2.65 bits per heavy atom. The number of hydrogen-bond acceptors (Lipinski definition) is 4. The maximum absolute atomic E-state index is 5.77. The molecule has 2 aromatic carbocycles. The quantitative estimate of drug-likeness (QED) is 0.851. The van der Waals surface area contributed by atoms with E-state index in [0.717, 1.165) is 33.0 Å². The van der Waals surface area contributed by atoms with E-state index in [0.29, 0.717) is 6.61 Å². The van der Waals surface area contributed by atoms with Crippen molar-refractivity contribution < 1.29 is 18.9 Å². The third-order valence-corrected chi connectivity index (χ3v) is 3.72. The molecule has 0 radical (unpaired) electrons. The van der Waals surface area contributed by atoms with Crippen molar-refractivity contribution in [2.45, 2.75) is 6.61 Å². The molecule has 0 aliphatic carbocycles. The van der Waals surface area contributed by atoms with Crippen LogP contribution >= 0.6 is 15.9 Å². The summed E-state index contributed by atoms with van der Waals surface area (Å²) in [6.07, 6.45) is 0. The number of rotatable bonds is 4. The Balaban J connectivity index is 1.75. The lowest BCUT2D eigenvalue weighted by molar-refractivity contribution is 0.174. The molecule has 0 atom stereocenters. The second kappa shape index (κ2) is 5.63. The second-order valence-electron chi connectivity index (χ2n) is 4.26. The van der Waals surface area contributed by atoms with Crippen LogP contribution < -0.4 is 18.9 Å². The predicted molar refractivity (Wildman–Crippen MR) is 77.6 cm³/mol. The van der Waals surface area contributed by atoms with Crippen molar-refractivity contribution >= 4 is 15.9 Å². The number of hydrogen-bond donors (Lipinski definition) is 0. The van der Waals surface area contributed by atoms with Gasteiger partial charge in [-0.25, -0.2) is 0 Å². The van der Waals surface area contributed by atoms with Gasteiger partial charge in [-0.3, -0.25) is 0 Å². The molecule has 0 aromatic heterocycles. The molecule has 104 valence electrons. The van der Waals surface area contributed by atoms with Crippen LogP contribution in [0.15, 0.2) is 40.9 Å². The van der Waals surface area contributed by atoms with Gasteiger partial charge in [0.25, 0.3) is 0 Å². The molecular weight excluding hydrogens is 324 g/mol. The fraction of sp³-hybridized carbons (Fsp3) is 0.200. The zero-order valence-corrected chi connectivity index (χ0v) is 12.5. The molecule has 0 unspecified atom stereocenters. The first kappa shape index (κ1) is 13.1. The molecule has 0 fully saturated rings. The van der Waals surface area contributed by atoms with Gasteiger partial charge in [-0.05, 0) is 24.3 Å². The summed E-state index contributed by atoms with van der Waals surface area (Å²) in [6, 6.07) is 11.3. The molecule has 1 heterocycles. The first-order chi connectivity index (χ1) is 9.76. The fourth-order valence-electron chi connectivity index (χ4n) is 1.92. The third-order valence-electron chi connectivity index (χ3n) is 2.98. The van der Waals surface area contributed by atoms with Crippen molar-refractivity contribution in [1.29, 1.82) is 0 Å². The average Bonchev–Trinajstić information content (AvgIpc) is 2.92. The number of methoxy groups -OCH3 is 1. The zero-order valence-electron chi connectivity index (χ0n) is 10.9. The third kappa shape index (κ3) is 2.67. The molecule has 3 rings (SSSR count). The second-order valence-corrected chi connectivity index (χ2v) is 5.12. The summed E-state index contributed by atoms with van der Waals surface area (Å²) in [4.78, 5) is 0. The Hall–Kier alpha value is -1.88. The van der Waals surface area contributed by atoms with E-state index in [2.05, 4.69) is 15.9 Å². The summed E-state index contributed by atoms with van der Waals surface area (Å²) in [5.74, 6) is 3.03. The van der Waals surface area contributed by atoms with Crippen LogP contribution in [0.1, 0.15) is 5.56 Å². The minimum absolute atomic E-state index is 0.266. The molecule has 1 aliphatic rings. The molecule has 0 saturated carbocycles. The van der Waals surface area contributed by atoms with E-state index in [1.807, 2.05) is 36.4 Å². The first-order valence-electron chi connectivity index (χ1n) is 6.11. The standard InChI is InChI=1S/C15H13BrO4/c1-17-11-3-2-4-12(6-11)18-8-10-5-14-15(7-13(10)16)20-9-19-14/h2-7H,8-9H2,1H3. The Morgan fingerprint density at radius 1 is 1.10 bits per heavy atom. The van der Waals surface area contributed by atoms with Gasteiger partial charge in [0.05, 0.1) is 7.11 Å². The van der Waals surface area contributed by atoms with Gasteiger partial charge in [-0.1, -0.05) is 22.0 Å². The van der Waals surface area contributed by atoms with E-state index in [-0.39, 0.29) is 6.79 Å². The average molecular weight is 337 g/mol. The van der Waals surface area contributed by atoms with Crippen LogP contribution in [0, 0.1) is 0 Å². The molecule has 0 spiro atoms. The Morgan fingerprint density at radius 2 is 1.85 bits per heavy atom. The Bertz CT molecular complexity index is 627. The van der Waals surface area contributed by atoms with Crippen LogP contribution in [0.4, 0.5) is 0 Å². The molecule has 0 saturated heterocycles. The van der Waals surface area contributed by atoms with Crippen molar-refractivity contribution in [1.82, 2.24) is 0 Å². The van der Waals surface area contributed by atoms with Gasteiger partial charge in [0.2, 0.25) is 6.79 Å². The maximum atomic E-state index is 5.77. The lowest BCUT2D eigenvalue weighted by Gasteiger charge is -2.10. The van der Waals surface area contributed by atoms with Crippen LogP contribution in [-0.4, -0.2) is 13.9 Å². The van der Waals surface area contributed by atoms with E-state index in [1.165, 1.54) is 0 Å². The Kier molecular flexibility index (Phi) is 3.69. The lowest BCUT2D eigenvalue weighted by Crippen LogP contribution is -1.97. The van der Waals surface area contributed by atoms with Gasteiger partial charge in [0.15, 0.2) is 11.5 Å². The van der Waals surface area contributed by atoms with Gasteiger partial charge in [0, 0.05) is 16.1 Å². The van der Waals surface area contributed by atoms with Crippen molar-refractivity contribution in [3.8, 4) is 23.0 Å². The van der Waals surface area contributed by atoms with E-state index in [9.17, 15) is 0 Å². The summed E-state index contributed by atoms with van der Waals surface area (Å²) >= 11 is 3.51. The lowest BCUT2D eigenvalue weighted by atomic mass is 10.2. The highest BCUT2D eigenvalue weighted by Gasteiger charge is 2.16. The SMILES string of the molecule is COc1cccc(OCc2cc3c(cc2Br)OCO3)c1. The summed E-state index contributed by atoms with van der Waals surface area (Å²) in [5, 5.41) is 0. The Labute approximate surface area is 125 Å². The van der Waals surface area contributed by atoms with E-state index < -0.39 is 0 Å². The molecule has 5 heteroatoms. The van der Waals surface area contributed by atoms with E-state index in [4.69, 9.17) is 18.9 Å². The number of benzene rings is 2. The molecule has 20 heavy (non-hydrogen) atoms. The molecule has 0 bridgehead atoms. The number of ether oxygens (including phenoxy) is 4. The van der Waals surface area contributed by atoms with Gasteiger partial charge in [-0.2, -0.15) is 0 Å². The minimum Gasteiger partial charge on any atom is -0.497 e. The van der Waals surface area contributed by atoms with E-state index >= 15 is 0 Å². The summed E-state index contributed by atoms with van der Waals surface area (Å²) in [5.41, 5.74) is 0.997. The number of halogens is 1. The molecule has 1 aliphatic heterocycles. The molecule has 2 aromatic rings. The smallest absolute Gasteiger partial charge is 0.231 e. The molecule has 0 amide bonds. The van der Waals surface area contributed by atoms with Crippen molar-refractivity contribution in [3.05, 3.63) is 46.4 Å². The summed E-state index contributed by atoms with van der Waals surface area (Å²) < 4.78 is 22.6. The van der Waals surface area contributed by atoms with Crippen molar-refractivity contribution in [2.75, 3.05) is 13.9 Å². The van der Waals surface area contributed by atoms with Crippen LogP contribution in [0.25, 0.3) is 0 Å². The van der Waals surface area contributed by atoms with Crippen LogP contribution in [0.5, 0.6) is 23.0 Å². The largest absolute Gasteiger partial charge is 0.497 e. The molecule has 0 N–H and O–H groups in total. The highest BCUT2D eigenvalue weighted by Crippen LogP contribution is 2.37. The number of fused-ring (bicyclic) bond motifs is 1. The highest BCUT2D eigenvalue weighted by atomic mass is 79.9. The topological polar surface area (TPSA) is 36.9 Å². The van der Waals surface area contributed by atoms with Crippen molar-refractivity contribution in [3.63, 3.8) is 0 Å². The highest BCUT2D eigenvalue weighted by molar-refractivity contribution is 9.10. The van der Waals surface area contributed by atoms with Gasteiger partial charge < -0.3 is 18.9 Å². The van der Waals surface area contributed by atoms with Crippen LogP contribution in [0.2, 0.25) is 0 Å². The van der Waals surface area contributed by atoms with Crippen LogP contribution in [0.3, 0.4) is 0 Å². The first-order valence-corrected chi connectivity index (χ1v) is 6.90. The molecule has 4 nitrogen and oxygen atoms in total. The summed E-state index contributed by atoms with van der Waals surface area (Å²) in [6.45, 7) is 0.701. The normalized spacial score (nSPS) is 12.3. The monoisotopic (exact) mass is 336 g/mol. The predicted octanol–water partition coefficient (Wildman–Crippen LogP) is 3.77. The zero-order chi connectivity index (χ0) is 13.9. The van der Waals surface area contributed by atoms with Gasteiger partial charge in [-0.15, -0.1) is 0 Å². The van der Waals surface area contributed by atoms with Gasteiger partial charge >= 0.3 is 0 Å². The molecular formula is C15H13BrO4. The fourth-order valence-corrected chi connectivity index (χ4v) is 2.36. The van der Waals surface area contributed by atoms with Gasteiger partial charge in [0.1, 0.15) is 18.1 Å². The maximum Gasteiger partial charge on any atom is 0.231 e. The van der Waals surface area contributed by atoms with Crippen molar-refractivity contribution in [2.24, 2.45) is 0 Å².